The molecule has 0 spiro atoms. The molecule has 20 heavy (non-hydrogen) atoms. The van der Waals surface area contributed by atoms with Gasteiger partial charge in [0.05, 0.1) is 13.0 Å². The second kappa shape index (κ2) is 7.90. The smallest absolute Gasteiger partial charge is 0.223 e. The van der Waals surface area contributed by atoms with E-state index in [-0.39, 0.29) is 5.91 Å². The molecule has 1 aliphatic heterocycles. The van der Waals surface area contributed by atoms with E-state index in [0.717, 1.165) is 30.8 Å². The van der Waals surface area contributed by atoms with Crippen LogP contribution in [0.2, 0.25) is 0 Å². The predicted octanol–water partition coefficient (Wildman–Crippen LogP) is 2.02. The highest BCUT2D eigenvalue weighted by Gasteiger charge is 2.13. The normalized spacial score (nSPS) is 17.9. The van der Waals surface area contributed by atoms with Gasteiger partial charge in [-0.1, -0.05) is 12.1 Å². The minimum atomic E-state index is 0.0654. The van der Waals surface area contributed by atoms with Crippen LogP contribution >= 0.6 is 0 Å². The zero-order chi connectivity index (χ0) is 14.2. The molecule has 0 saturated carbocycles. The molecule has 1 heterocycles. The van der Waals surface area contributed by atoms with Gasteiger partial charge in [-0.3, -0.25) is 4.79 Å². The third-order valence-corrected chi connectivity index (χ3v) is 3.56. The molecule has 2 N–H and O–H groups in total. The van der Waals surface area contributed by atoms with Crippen LogP contribution in [-0.4, -0.2) is 31.6 Å². The van der Waals surface area contributed by atoms with E-state index in [2.05, 4.69) is 10.6 Å². The summed E-state index contributed by atoms with van der Waals surface area (Å²) in [4.78, 5) is 11.7. The number of carbonyl (C=O) groups excluding carboxylic acids is 1. The van der Waals surface area contributed by atoms with E-state index < -0.39 is 0 Å². The van der Waals surface area contributed by atoms with Gasteiger partial charge in [0, 0.05) is 12.6 Å². The number of amides is 1. The average Bonchev–Trinajstić information content (AvgIpc) is 2.92. The van der Waals surface area contributed by atoms with Gasteiger partial charge in [-0.25, -0.2) is 0 Å². The molecule has 4 nitrogen and oxygen atoms in total. The molecule has 0 aliphatic carbocycles. The van der Waals surface area contributed by atoms with Crippen LogP contribution in [0, 0.1) is 6.92 Å². The lowest BCUT2D eigenvalue weighted by Crippen LogP contribution is -2.31. The second-order valence-corrected chi connectivity index (χ2v) is 5.35. The number of hydrogen-bond acceptors (Lipinski definition) is 3. The fraction of sp³-hybridized carbons (Fsp3) is 0.562. The zero-order valence-corrected chi connectivity index (χ0v) is 12.2. The SMILES string of the molecule is Cc1cccc(OCCC(=O)NCCC2CCCN2)c1. The van der Waals surface area contributed by atoms with E-state index in [9.17, 15) is 4.79 Å². The van der Waals surface area contributed by atoms with E-state index in [0.29, 0.717) is 19.1 Å². The fourth-order valence-corrected chi connectivity index (χ4v) is 2.44. The quantitative estimate of drug-likeness (QED) is 0.801. The van der Waals surface area contributed by atoms with Crippen molar-refractivity contribution in [3.05, 3.63) is 29.8 Å². The van der Waals surface area contributed by atoms with Gasteiger partial charge in [0.1, 0.15) is 5.75 Å². The van der Waals surface area contributed by atoms with Crippen molar-refractivity contribution in [3.8, 4) is 5.75 Å². The Balaban J connectivity index is 1.55. The zero-order valence-electron chi connectivity index (χ0n) is 12.2. The summed E-state index contributed by atoms with van der Waals surface area (Å²) in [5.74, 6) is 0.892. The Morgan fingerprint density at radius 2 is 2.40 bits per heavy atom. The van der Waals surface area contributed by atoms with Gasteiger partial charge in [0.2, 0.25) is 5.91 Å². The molecule has 0 radical (unpaired) electrons. The van der Waals surface area contributed by atoms with Gasteiger partial charge in [-0.15, -0.1) is 0 Å². The topological polar surface area (TPSA) is 50.4 Å². The highest BCUT2D eigenvalue weighted by atomic mass is 16.5. The number of hydrogen-bond donors (Lipinski definition) is 2. The first-order valence-corrected chi connectivity index (χ1v) is 7.43. The Morgan fingerprint density at radius 3 is 3.15 bits per heavy atom. The standard InChI is InChI=1S/C16H24N2O2/c1-13-4-2-6-15(12-13)20-11-8-16(19)18-10-7-14-5-3-9-17-14/h2,4,6,12,14,17H,3,5,7-11H2,1H3,(H,18,19). The number of carbonyl (C=O) groups is 1. The highest BCUT2D eigenvalue weighted by Crippen LogP contribution is 2.12. The molecule has 1 aromatic rings. The van der Waals surface area contributed by atoms with Crippen molar-refractivity contribution in [1.29, 1.82) is 0 Å². The van der Waals surface area contributed by atoms with E-state index in [1.54, 1.807) is 0 Å². The minimum Gasteiger partial charge on any atom is -0.493 e. The lowest BCUT2D eigenvalue weighted by atomic mass is 10.1. The molecule has 0 aromatic heterocycles. The minimum absolute atomic E-state index is 0.0654. The third kappa shape index (κ3) is 5.21. The van der Waals surface area contributed by atoms with Gasteiger partial charge in [0.25, 0.3) is 0 Å². The van der Waals surface area contributed by atoms with Crippen molar-refractivity contribution in [3.63, 3.8) is 0 Å². The maximum absolute atomic E-state index is 11.7. The third-order valence-electron chi connectivity index (χ3n) is 3.56. The van der Waals surface area contributed by atoms with Gasteiger partial charge in [0.15, 0.2) is 0 Å². The van der Waals surface area contributed by atoms with Gasteiger partial charge in [-0.2, -0.15) is 0 Å². The molecule has 0 bridgehead atoms. The summed E-state index contributed by atoms with van der Waals surface area (Å²) in [6, 6.07) is 8.45. The van der Waals surface area contributed by atoms with Crippen molar-refractivity contribution in [2.45, 2.75) is 38.6 Å². The van der Waals surface area contributed by atoms with Crippen LogP contribution in [0.15, 0.2) is 24.3 Å². The largest absolute Gasteiger partial charge is 0.493 e. The van der Waals surface area contributed by atoms with Gasteiger partial charge in [-0.05, 0) is 50.4 Å². The average molecular weight is 276 g/mol. The number of aryl methyl sites for hydroxylation is 1. The summed E-state index contributed by atoms with van der Waals surface area (Å²) < 4.78 is 5.56. The molecule has 1 fully saturated rings. The maximum Gasteiger partial charge on any atom is 0.223 e. The van der Waals surface area contributed by atoms with Crippen molar-refractivity contribution in [2.24, 2.45) is 0 Å². The molecule has 110 valence electrons. The summed E-state index contributed by atoms with van der Waals surface area (Å²) in [7, 11) is 0. The van der Waals surface area contributed by atoms with Gasteiger partial charge < -0.3 is 15.4 Å². The van der Waals surface area contributed by atoms with Crippen LogP contribution in [0.1, 0.15) is 31.2 Å². The summed E-state index contributed by atoms with van der Waals surface area (Å²) in [6.07, 6.45) is 3.91. The Morgan fingerprint density at radius 1 is 1.50 bits per heavy atom. The molecule has 4 heteroatoms. The van der Waals surface area contributed by atoms with Crippen LogP contribution < -0.4 is 15.4 Å². The molecule has 1 aliphatic rings. The molecular weight excluding hydrogens is 252 g/mol. The highest BCUT2D eigenvalue weighted by molar-refractivity contribution is 5.75. The number of nitrogens with one attached hydrogen (secondary N) is 2. The second-order valence-electron chi connectivity index (χ2n) is 5.35. The maximum atomic E-state index is 11.7. The molecule has 1 atom stereocenters. The van der Waals surface area contributed by atoms with Crippen molar-refractivity contribution in [2.75, 3.05) is 19.7 Å². The number of benzene rings is 1. The molecule has 1 amide bonds. The molecule has 1 unspecified atom stereocenters. The van der Waals surface area contributed by atoms with E-state index >= 15 is 0 Å². The van der Waals surface area contributed by atoms with Crippen molar-refractivity contribution in [1.82, 2.24) is 10.6 Å². The summed E-state index contributed by atoms with van der Waals surface area (Å²) in [5.41, 5.74) is 1.16. The first-order valence-electron chi connectivity index (χ1n) is 7.43. The first-order chi connectivity index (χ1) is 9.74. The summed E-state index contributed by atoms with van der Waals surface area (Å²) >= 11 is 0. The van der Waals surface area contributed by atoms with Crippen molar-refractivity contribution >= 4 is 5.91 Å². The van der Waals surface area contributed by atoms with Crippen molar-refractivity contribution < 1.29 is 9.53 Å². The summed E-state index contributed by atoms with van der Waals surface area (Å²) in [6.45, 7) is 4.32. The lowest BCUT2D eigenvalue weighted by Gasteiger charge is -2.11. The Labute approximate surface area is 120 Å². The lowest BCUT2D eigenvalue weighted by molar-refractivity contribution is -0.121. The fourth-order valence-electron chi connectivity index (χ4n) is 2.44. The van der Waals surface area contributed by atoms with Gasteiger partial charge >= 0.3 is 0 Å². The molecule has 1 saturated heterocycles. The van der Waals surface area contributed by atoms with Crippen LogP contribution in [0.4, 0.5) is 0 Å². The molecule has 2 rings (SSSR count). The van der Waals surface area contributed by atoms with Crippen LogP contribution in [-0.2, 0) is 4.79 Å². The van der Waals surface area contributed by atoms with Crippen LogP contribution in [0.5, 0.6) is 5.75 Å². The first kappa shape index (κ1) is 14.9. The van der Waals surface area contributed by atoms with E-state index in [1.807, 2.05) is 31.2 Å². The van der Waals surface area contributed by atoms with Crippen LogP contribution in [0.3, 0.4) is 0 Å². The van der Waals surface area contributed by atoms with E-state index in [4.69, 9.17) is 4.74 Å². The monoisotopic (exact) mass is 276 g/mol. The number of ether oxygens (including phenoxy) is 1. The molecular formula is C16H24N2O2. The van der Waals surface area contributed by atoms with Crippen LogP contribution in [0.25, 0.3) is 0 Å². The Hall–Kier alpha value is -1.55. The number of rotatable bonds is 7. The Kier molecular flexibility index (Phi) is 5.87. The predicted molar refractivity (Wildman–Crippen MR) is 79.9 cm³/mol. The summed E-state index contributed by atoms with van der Waals surface area (Å²) in [5, 5.41) is 6.37. The van der Waals surface area contributed by atoms with E-state index in [1.165, 1.54) is 12.8 Å². The molecule has 1 aromatic carbocycles. The Bertz CT molecular complexity index is 428.